The van der Waals surface area contributed by atoms with Crippen LogP contribution in [-0.4, -0.2) is 29.8 Å². The van der Waals surface area contributed by atoms with Gasteiger partial charge in [-0.1, -0.05) is 18.0 Å². The molecule has 1 aromatic rings. The molecule has 1 heterocycles. The molecule has 2 aliphatic rings. The number of aryl methyl sites for hydroxylation is 1. The van der Waals surface area contributed by atoms with E-state index in [0.29, 0.717) is 12.3 Å². The van der Waals surface area contributed by atoms with Gasteiger partial charge in [0, 0.05) is 13.5 Å². The van der Waals surface area contributed by atoms with Gasteiger partial charge in [0.05, 0.1) is 19.1 Å². The predicted octanol–water partition coefficient (Wildman–Crippen LogP) is 2.08. The summed E-state index contributed by atoms with van der Waals surface area (Å²) in [6.07, 6.45) is 7.06. The number of rotatable bonds is 6. The van der Waals surface area contributed by atoms with Gasteiger partial charge >= 0.3 is 5.97 Å². The average Bonchev–Trinajstić information content (AvgIpc) is 2.90. The van der Waals surface area contributed by atoms with Crippen molar-refractivity contribution < 1.29 is 14.1 Å². The zero-order valence-corrected chi connectivity index (χ0v) is 12.8. The van der Waals surface area contributed by atoms with Crippen molar-refractivity contribution in [2.24, 2.45) is 5.41 Å². The Kier molecular flexibility index (Phi) is 3.73. The number of hydrogen-bond acceptors (Lipinski definition) is 6. The first-order valence-electron chi connectivity index (χ1n) is 7.70. The zero-order chi connectivity index (χ0) is 14.9. The van der Waals surface area contributed by atoms with E-state index in [-0.39, 0.29) is 16.9 Å². The van der Waals surface area contributed by atoms with Gasteiger partial charge < -0.3 is 14.6 Å². The molecule has 0 bridgehead atoms. The van der Waals surface area contributed by atoms with Crippen molar-refractivity contribution in [3.05, 3.63) is 11.7 Å². The number of ether oxygens (including phenoxy) is 1. The molecule has 0 amide bonds. The molecular formula is C15H23N3O3. The van der Waals surface area contributed by atoms with Crippen LogP contribution in [0.15, 0.2) is 4.52 Å². The lowest BCUT2D eigenvalue weighted by atomic mass is 9.94. The maximum atomic E-state index is 11.5. The first-order chi connectivity index (χ1) is 10.1. The third kappa shape index (κ3) is 2.95. The lowest BCUT2D eigenvalue weighted by Crippen LogP contribution is -2.44. The van der Waals surface area contributed by atoms with Gasteiger partial charge in [0.15, 0.2) is 5.82 Å². The molecule has 0 aliphatic heterocycles. The standard InChI is InChI=1S/C15H23N3O3/c1-11-17-13(18-21-11)15(5-3-4-6-15)16-10-14(7-8-14)9-12(19)20-2/h16H,3-10H2,1-2H3. The van der Waals surface area contributed by atoms with Crippen molar-refractivity contribution in [1.82, 2.24) is 15.5 Å². The number of carbonyl (C=O) groups is 1. The minimum atomic E-state index is -0.177. The highest BCUT2D eigenvalue weighted by Gasteiger charge is 2.48. The fourth-order valence-electron chi connectivity index (χ4n) is 3.28. The first-order valence-corrected chi connectivity index (χ1v) is 7.70. The summed E-state index contributed by atoms with van der Waals surface area (Å²) in [5, 5.41) is 7.79. The Balaban J connectivity index is 1.68. The summed E-state index contributed by atoms with van der Waals surface area (Å²) < 4.78 is 9.96. The highest BCUT2D eigenvalue weighted by molar-refractivity contribution is 5.70. The summed E-state index contributed by atoms with van der Waals surface area (Å²) in [5.74, 6) is 1.25. The number of carbonyl (C=O) groups excluding carboxylic acids is 1. The summed E-state index contributed by atoms with van der Waals surface area (Å²) >= 11 is 0. The molecule has 0 saturated heterocycles. The highest BCUT2D eigenvalue weighted by atomic mass is 16.5. The highest BCUT2D eigenvalue weighted by Crippen LogP contribution is 2.49. The largest absolute Gasteiger partial charge is 0.469 e. The van der Waals surface area contributed by atoms with Gasteiger partial charge in [-0.2, -0.15) is 4.98 Å². The summed E-state index contributed by atoms with van der Waals surface area (Å²) in [7, 11) is 1.45. The van der Waals surface area contributed by atoms with Crippen LogP contribution in [0.4, 0.5) is 0 Å². The summed E-state index contributed by atoms with van der Waals surface area (Å²) in [4.78, 5) is 16.0. The van der Waals surface area contributed by atoms with Crippen LogP contribution in [0, 0.1) is 12.3 Å². The van der Waals surface area contributed by atoms with E-state index in [1.54, 1.807) is 0 Å². The third-order valence-corrected chi connectivity index (χ3v) is 4.92. The molecule has 3 rings (SSSR count). The second kappa shape index (κ2) is 5.40. The van der Waals surface area contributed by atoms with Crippen LogP contribution in [-0.2, 0) is 15.1 Å². The van der Waals surface area contributed by atoms with Gasteiger partial charge in [0.2, 0.25) is 5.89 Å². The SMILES string of the molecule is COC(=O)CC1(CNC2(c3noc(C)n3)CCCC2)CC1. The van der Waals surface area contributed by atoms with E-state index < -0.39 is 0 Å². The molecule has 0 aromatic carbocycles. The van der Waals surface area contributed by atoms with Crippen molar-refractivity contribution >= 4 is 5.97 Å². The molecule has 1 N–H and O–H groups in total. The van der Waals surface area contributed by atoms with E-state index >= 15 is 0 Å². The third-order valence-electron chi connectivity index (χ3n) is 4.92. The van der Waals surface area contributed by atoms with Crippen LogP contribution >= 0.6 is 0 Å². The van der Waals surface area contributed by atoms with Crippen LogP contribution in [0.3, 0.4) is 0 Å². The average molecular weight is 293 g/mol. The number of methoxy groups -OCH3 is 1. The van der Waals surface area contributed by atoms with Crippen LogP contribution in [0.5, 0.6) is 0 Å². The van der Waals surface area contributed by atoms with E-state index in [1.165, 1.54) is 20.0 Å². The summed E-state index contributed by atoms with van der Waals surface area (Å²) in [5.41, 5.74) is -0.106. The maximum Gasteiger partial charge on any atom is 0.306 e. The Labute approximate surface area is 124 Å². The molecule has 2 saturated carbocycles. The Bertz CT molecular complexity index is 516. The topological polar surface area (TPSA) is 77.2 Å². The molecule has 1 aromatic heterocycles. The first kappa shape index (κ1) is 14.5. The van der Waals surface area contributed by atoms with E-state index in [4.69, 9.17) is 9.26 Å². The van der Waals surface area contributed by atoms with Gasteiger partial charge in [-0.05, 0) is 31.1 Å². The zero-order valence-electron chi connectivity index (χ0n) is 12.8. The minimum absolute atomic E-state index is 0.0709. The van der Waals surface area contributed by atoms with Crippen LogP contribution < -0.4 is 5.32 Å². The Morgan fingerprint density at radius 2 is 2.05 bits per heavy atom. The van der Waals surface area contributed by atoms with Gasteiger partial charge in [0.25, 0.3) is 0 Å². The number of esters is 1. The van der Waals surface area contributed by atoms with Crippen LogP contribution in [0.25, 0.3) is 0 Å². The van der Waals surface area contributed by atoms with E-state index in [0.717, 1.165) is 38.1 Å². The lowest BCUT2D eigenvalue weighted by Gasteiger charge is -2.29. The second-order valence-electron chi connectivity index (χ2n) is 6.53. The fraction of sp³-hybridized carbons (Fsp3) is 0.800. The molecule has 2 fully saturated rings. The van der Waals surface area contributed by atoms with Crippen molar-refractivity contribution in [2.45, 2.75) is 57.4 Å². The van der Waals surface area contributed by atoms with Crippen LogP contribution in [0.1, 0.15) is 56.7 Å². The van der Waals surface area contributed by atoms with E-state index in [2.05, 4.69) is 15.5 Å². The molecule has 2 aliphatic carbocycles. The minimum Gasteiger partial charge on any atom is -0.469 e. The molecule has 0 radical (unpaired) electrons. The maximum absolute atomic E-state index is 11.5. The molecule has 21 heavy (non-hydrogen) atoms. The van der Waals surface area contributed by atoms with Crippen LogP contribution in [0.2, 0.25) is 0 Å². The molecule has 6 nitrogen and oxygen atoms in total. The molecule has 116 valence electrons. The molecule has 0 unspecified atom stereocenters. The normalized spacial score (nSPS) is 22.2. The van der Waals surface area contributed by atoms with Crippen molar-refractivity contribution in [1.29, 1.82) is 0 Å². The molecule has 0 atom stereocenters. The summed E-state index contributed by atoms with van der Waals surface area (Å²) in [6, 6.07) is 0. The molecule has 6 heteroatoms. The molecular weight excluding hydrogens is 270 g/mol. The van der Waals surface area contributed by atoms with Gasteiger partial charge in [-0.25, -0.2) is 0 Å². The van der Waals surface area contributed by atoms with E-state index in [9.17, 15) is 4.79 Å². The summed E-state index contributed by atoms with van der Waals surface area (Å²) in [6.45, 7) is 2.63. The predicted molar refractivity (Wildman–Crippen MR) is 75.5 cm³/mol. The Morgan fingerprint density at radius 1 is 1.33 bits per heavy atom. The monoisotopic (exact) mass is 293 g/mol. The van der Waals surface area contributed by atoms with Crippen molar-refractivity contribution in [2.75, 3.05) is 13.7 Å². The number of hydrogen-bond donors (Lipinski definition) is 1. The van der Waals surface area contributed by atoms with Gasteiger partial charge in [-0.3, -0.25) is 4.79 Å². The number of nitrogens with zero attached hydrogens (tertiary/aromatic N) is 2. The lowest BCUT2D eigenvalue weighted by molar-refractivity contribution is -0.142. The quantitative estimate of drug-likeness (QED) is 0.809. The van der Waals surface area contributed by atoms with E-state index in [1.807, 2.05) is 6.92 Å². The van der Waals surface area contributed by atoms with Crippen molar-refractivity contribution in [3.63, 3.8) is 0 Å². The molecule has 0 spiro atoms. The fourth-order valence-corrected chi connectivity index (χ4v) is 3.28. The van der Waals surface area contributed by atoms with Crippen molar-refractivity contribution in [3.8, 4) is 0 Å². The number of aromatic nitrogens is 2. The van der Waals surface area contributed by atoms with Gasteiger partial charge in [0.1, 0.15) is 0 Å². The smallest absolute Gasteiger partial charge is 0.306 e. The van der Waals surface area contributed by atoms with Gasteiger partial charge in [-0.15, -0.1) is 0 Å². The Morgan fingerprint density at radius 3 is 2.57 bits per heavy atom. The number of nitrogens with one attached hydrogen (secondary N) is 1. The Hall–Kier alpha value is -1.43. The second-order valence-corrected chi connectivity index (χ2v) is 6.53.